The number of hydrogen-bond acceptors (Lipinski definition) is 5. The average Bonchev–Trinajstić information content (AvgIpc) is 3.15. The number of H-pyrrole nitrogens is 1. The summed E-state index contributed by atoms with van der Waals surface area (Å²) in [5.74, 6) is 1.56. The van der Waals surface area contributed by atoms with Crippen molar-refractivity contribution < 1.29 is 9.47 Å². The van der Waals surface area contributed by atoms with Crippen LogP contribution in [0.4, 0.5) is 0 Å². The van der Waals surface area contributed by atoms with Crippen LogP contribution in [-0.2, 0) is 11.2 Å². The first-order valence-corrected chi connectivity index (χ1v) is 9.02. The highest BCUT2D eigenvalue weighted by Gasteiger charge is 2.23. The van der Waals surface area contributed by atoms with Gasteiger partial charge in [0.25, 0.3) is 0 Å². The molecule has 0 amide bonds. The molecular formula is C18H19N3O3S. The molecule has 3 heterocycles. The third-order valence-electron chi connectivity index (χ3n) is 4.34. The number of fused-ring (bicyclic) bond motifs is 3. The Balaban J connectivity index is 1.83. The number of nitrogens with one attached hydrogen (secondary N) is 1. The fourth-order valence-electron chi connectivity index (χ4n) is 3.21. The Morgan fingerprint density at radius 3 is 3.12 bits per heavy atom. The molecule has 1 aliphatic heterocycles. The standard InChI is InChI=1S/C18H19N3O3S/c1-11(10-23-2)21-17(19-20-18(21)22)15-9-12-7-8-24-14-6-4-3-5-13(14)16(12)25-15/h3-6,9,11H,7-8,10H2,1-2H3,(H,20,22). The largest absolute Gasteiger partial charge is 0.493 e. The maximum atomic E-state index is 12.2. The summed E-state index contributed by atoms with van der Waals surface area (Å²) in [6, 6.07) is 10.1. The van der Waals surface area contributed by atoms with Gasteiger partial charge in [-0.1, -0.05) is 12.1 Å². The molecule has 1 N–H and O–H groups in total. The summed E-state index contributed by atoms with van der Waals surface area (Å²) < 4.78 is 12.7. The van der Waals surface area contributed by atoms with Gasteiger partial charge < -0.3 is 9.47 Å². The number of aromatic nitrogens is 3. The molecule has 6 nitrogen and oxygen atoms in total. The van der Waals surface area contributed by atoms with Gasteiger partial charge in [-0.05, 0) is 30.7 Å². The van der Waals surface area contributed by atoms with Crippen molar-refractivity contribution >= 4 is 11.3 Å². The van der Waals surface area contributed by atoms with Crippen LogP contribution < -0.4 is 10.4 Å². The Hall–Kier alpha value is -2.38. The van der Waals surface area contributed by atoms with Crippen LogP contribution >= 0.6 is 11.3 Å². The number of ether oxygens (including phenoxy) is 2. The van der Waals surface area contributed by atoms with Crippen molar-refractivity contribution in [2.75, 3.05) is 20.3 Å². The summed E-state index contributed by atoms with van der Waals surface area (Å²) in [7, 11) is 1.63. The Labute approximate surface area is 149 Å². The fourth-order valence-corrected chi connectivity index (χ4v) is 4.43. The van der Waals surface area contributed by atoms with E-state index in [1.54, 1.807) is 23.0 Å². The number of thiophene rings is 1. The molecule has 4 rings (SSSR count). The van der Waals surface area contributed by atoms with Gasteiger partial charge in [-0.15, -0.1) is 11.3 Å². The second-order valence-corrected chi connectivity index (χ2v) is 7.14. The molecule has 0 fully saturated rings. The summed E-state index contributed by atoms with van der Waals surface area (Å²) in [6.45, 7) is 3.05. The summed E-state index contributed by atoms with van der Waals surface area (Å²) >= 11 is 1.64. The van der Waals surface area contributed by atoms with Crippen molar-refractivity contribution in [1.29, 1.82) is 0 Å². The first-order chi connectivity index (χ1) is 12.2. The molecule has 1 aromatic carbocycles. The highest BCUT2D eigenvalue weighted by Crippen LogP contribution is 2.43. The highest BCUT2D eigenvalue weighted by atomic mass is 32.1. The Morgan fingerprint density at radius 1 is 1.44 bits per heavy atom. The molecule has 0 aliphatic carbocycles. The van der Waals surface area contributed by atoms with Gasteiger partial charge in [-0.25, -0.2) is 9.89 Å². The fraction of sp³-hybridized carbons (Fsp3) is 0.333. The summed E-state index contributed by atoms with van der Waals surface area (Å²) in [5, 5.41) is 6.83. The smallest absolute Gasteiger partial charge is 0.343 e. The van der Waals surface area contributed by atoms with Crippen molar-refractivity contribution in [2.45, 2.75) is 19.4 Å². The van der Waals surface area contributed by atoms with Gasteiger partial charge in [0.1, 0.15) is 5.75 Å². The maximum Gasteiger partial charge on any atom is 0.343 e. The van der Waals surface area contributed by atoms with E-state index < -0.39 is 0 Å². The van der Waals surface area contributed by atoms with E-state index in [9.17, 15) is 4.79 Å². The number of rotatable bonds is 4. The monoisotopic (exact) mass is 357 g/mol. The zero-order valence-electron chi connectivity index (χ0n) is 14.1. The van der Waals surface area contributed by atoms with Crippen LogP contribution in [0.2, 0.25) is 0 Å². The number of methoxy groups -OCH3 is 1. The number of benzene rings is 1. The lowest BCUT2D eigenvalue weighted by molar-refractivity contribution is 0.161. The topological polar surface area (TPSA) is 69.1 Å². The summed E-state index contributed by atoms with van der Waals surface area (Å²) in [6.07, 6.45) is 0.836. The van der Waals surface area contributed by atoms with Gasteiger partial charge >= 0.3 is 5.69 Å². The minimum atomic E-state index is -0.216. The van der Waals surface area contributed by atoms with E-state index in [0.29, 0.717) is 19.0 Å². The van der Waals surface area contributed by atoms with Crippen LogP contribution in [0, 0.1) is 0 Å². The third-order valence-corrected chi connectivity index (χ3v) is 5.55. The van der Waals surface area contributed by atoms with Crippen LogP contribution in [-0.4, -0.2) is 35.1 Å². The van der Waals surface area contributed by atoms with Gasteiger partial charge in [-0.2, -0.15) is 5.10 Å². The Bertz CT molecular complexity index is 957. The van der Waals surface area contributed by atoms with E-state index in [0.717, 1.165) is 22.6 Å². The molecule has 1 aliphatic rings. The van der Waals surface area contributed by atoms with Gasteiger partial charge in [0, 0.05) is 24.0 Å². The van der Waals surface area contributed by atoms with Crippen LogP contribution in [0.1, 0.15) is 18.5 Å². The zero-order chi connectivity index (χ0) is 17.4. The van der Waals surface area contributed by atoms with Crippen LogP contribution in [0.3, 0.4) is 0 Å². The van der Waals surface area contributed by atoms with Crippen molar-refractivity contribution in [2.24, 2.45) is 0 Å². The maximum absolute atomic E-state index is 12.2. The molecule has 1 atom stereocenters. The first-order valence-electron chi connectivity index (χ1n) is 8.20. The highest BCUT2D eigenvalue weighted by molar-refractivity contribution is 7.19. The number of hydrogen-bond donors (Lipinski definition) is 1. The molecule has 0 spiro atoms. The number of para-hydroxylation sites is 1. The average molecular weight is 357 g/mol. The molecule has 25 heavy (non-hydrogen) atoms. The van der Waals surface area contributed by atoms with Gasteiger partial charge in [0.15, 0.2) is 5.82 Å². The normalized spacial score (nSPS) is 14.3. The van der Waals surface area contributed by atoms with E-state index >= 15 is 0 Å². The van der Waals surface area contributed by atoms with E-state index in [1.165, 1.54) is 10.4 Å². The lowest BCUT2D eigenvalue weighted by atomic mass is 10.1. The molecule has 0 radical (unpaired) electrons. The van der Waals surface area contributed by atoms with Crippen molar-refractivity contribution in [3.05, 3.63) is 46.4 Å². The van der Waals surface area contributed by atoms with E-state index in [1.807, 2.05) is 25.1 Å². The number of aromatic amines is 1. The zero-order valence-corrected chi connectivity index (χ0v) is 14.9. The minimum Gasteiger partial charge on any atom is -0.493 e. The summed E-state index contributed by atoms with van der Waals surface area (Å²) in [5.41, 5.74) is 2.11. The second-order valence-electron chi connectivity index (χ2n) is 6.09. The molecule has 0 bridgehead atoms. The molecule has 3 aromatic rings. The predicted molar refractivity (Wildman–Crippen MR) is 97.4 cm³/mol. The van der Waals surface area contributed by atoms with Crippen LogP contribution in [0.5, 0.6) is 5.75 Å². The molecular weight excluding hydrogens is 338 g/mol. The van der Waals surface area contributed by atoms with E-state index in [4.69, 9.17) is 9.47 Å². The number of nitrogens with zero attached hydrogens (tertiary/aromatic N) is 2. The third kappa shape index (κ3) is 2.79. The molecule has 0 saturated carbocycles. The van der Waals surface area contributed by atoms with Crippen LogP contribution in [0.15, 0.2) is 35.1 Å². The molecule has 7 heteroatoms. The van der Waals surface area contributed by atoms with Gasteiger partial charge in [-0.3, -0.25) is 4.57 Å². The molecule has 1 unspecified atom stereocenters. The van der Waals surface area contributed by atoms with Gasteiger partial charge in [0.05, 0.1) is 24.1 Å². The van der Waals surface area contributed by atoms with Crippen molar-refractivity contribution in [3.8, 4) is 26.9 Å². The predicted octanol–water partition coefficient (Wildman–Crippen LogP) is 3.11. The lowest BCUT2D eigenvalue weighted by Gasteiger charge is -2.12. The van der Waals surface area contributed by atoms with Crippen LogP contribution in [0.25, 0.3) is 21.1 Å². The van der Waals surface area contributed by atoms with Gasteiger partial charge in [0.2, 0.25) is 0 Å². The lowest BCUT2D eigenvalue weighted by Crippen LogP contribution is -2.24. The van der Waals surface area contributed by atoms with Crippen molar-refractivity contribution in [1.82, 2.24) is 14.8 Å². The Kier molecular flexibility index (Phi) is 4.19. The molecule has 130 valence electrons. The second kappa shape index (κ2) is 6.50. The van der Waals surface area contributed by atoms with E-state index in [-0.39, 0.29) is 11.7 Å². The quantitative estimate of drug-likeness (QED) is 0.779. The molecule has 0 saturated heterocycles. The van der Waals surface area contributed by atoms with E-state index in [2.05, 4.69) is 22.3 Å². The Morgan fingerprint density at radius 2 is 2.28 bits per heavy atom. The summed E-state index contributed by atoms with van der Waals surface area (Å²) in [4.78, 5) is 14.4. The molecule has 2 aromatic heterocycles. The van der Waals surface area contributed by atoms with Crippen molar-refractivity contribution in [3.63, 3.8) is 0 Å². The SMILES string of the molecule is COCC(C)n1c(-c2cc3c(s2)-c2ccccc2OCC3)n[nH]c1=O. The first kappa shape index (κ1) is 16.1. The minimum absolute atomic E-state index is 0.0937.